The van der Waals surface area contributed by atoms with Crippen molar-refractivity contribution in [3.05, 3.63) is 64.4 Å². The van der Waals surface area contributed by atoms with Crippen molar-refractivity contribution in [1.29, 1.82) is 0 Å². The molecular formula is C23H29BrFN3O4S. The number of hydrogen-bond donors (Lipinski definition) is 1. The predicted octanol–water partition coefficient (Wildman–Crippen LogP) is 3.69. The van der Waals surface area contributed by atoms with E-state index in [0.29, 0.717) is 0 Å². The number of carbonyl (C=O) groups excluding carboxylic acids is 2. The first kappa shape index (κ1) is 26.8. The number of sulfonamides is 1. The van der Waals surface area contributed by atoms with Crippen LogP contribution in [0, 0.1) is 5.82 Å². The van der Waals surface area contributed by atoms with E-state index in [4.69, 9.17) is 0 Å². The van der Waals surface area contributed by atoms with Crippen molar-refractivity contribution in [3.8, 4) is 0 Å². The average molecular weight is 542 g/mol. The summed E-state index contributed by atoms with van der Waals surface area (Å²) in [6, 6.07) is 11.2. The second-order valence-corrected chi connectivity index (χ2v) is 10.7. The minimum Gasteiger partial charge on any atom is -0.352 e. The maximum absolute atomic E-state index is 13.4. The standard InChI is InChI=1S/C23H29BrFN3O4S/c1-5-16(2)26-23(30)17(3)27(14-18-7-6-8-19(24)13-18)22(29)15-28(33(4,31)32)21-11-9-20(25)10-12-21/h6-13,16-17H,5,14-15H2,1-4H3,(H,26,30)/t16-,17+/m1/s1. The van der Waals surface area contributed by atoms with Crippen LogP contribution in [0.15, 0.2) is 53.0 Å². The number of carbonyl (C=O) groups is 2. The molecule has 0 aliphatic heterocycles. The van der Waals surface area contributed by atoms with Crippen LogP contribution in [0.2, 0.25) is 0 Å². The van der Waals surface area contributed by atoms with Gasteiger partial charge in [-0.25, -0.2) is 12.8 Å². The molecule has 33 heavy (non-hydrogen) atoms. The third-order valence-corrected chi connectivity index (χ3v) is 6.84. The van der Waals surface area contributed by atoms with Crippen molar-refractivity contribution in [2.75, 3.05) is 17.1 Å². The first-order valence-corrected chi connectivity index (χ1v) is 13.1. The molecule has 2 amide bonds. The van der Waals surface area contributed by atoms with Crippen molar-refractivity contribution < 1.29 is 22.4 Å². The van der Waals surface area contributed by atoms with Gasteiger partial charge in [0.25, 0.3) is 0 Å². The second kappa shape index (κ2) is 11.6. The Morgan fingerprint density at radius 1 is 1.12 bits per heavy atom. The van der Waals surface area contributed by atoms with Crippen LogP contribution in [0.3, 0.4) is 0 Å². The minimum atomic E-state index is -3.85. The van der Waals surface area contributed by atoms with Gasteiger partial charge < -0.3 is 10.2 Å². The molecule has 180 valence electrons. The molecule has 10 heteroatoms. The highest BCUT2D eigenvalue weighted by Gasteiger charge is 2.30. The van der Waals surface area contributed by atoms with Gasteiger partial charge >= 0.3 is 0 Å². The van der Waals surface area contributed by atoms with E-state index in [2.05, 4.69) is 21.2 Å². The molecule has 2 rings (SSSR count). The molecule has 2 atom stereocenters. The molecule has 0 bridgehead atoms. The van der Waals surface area contributed by atoms with Gasteiger partial charge in [-0.2, -0.15) is 0 Å². The van der Waals surface area contributed by atoms with Crippen LogP contribution >= 0.6 is 15.9 Å². The third kappa shape index (κ3) is 7.82. The number of anilines is 1. The van der Waals surface area contributed by atoms with E-state index in [1.54, 1.807) is 6.92 Å². The maximum Gasteiger partial charge on any atom is 0.244 e. The fraction of sp³-hybridized carbons (Fsp3) is 0.391. The van der Waals surface area contributed by atoms with Gasteiger partial charge in [0.05, 0.1) is 11.9 Å². The first-order chi connectivity index (χ1) is 15.4. The number of halogens is 2. The molecule has 1 N–H and O–H groups in total. The Balaban J connectivity index is 2.37. The molecule has 2 aromatic rings. The van der Waals surface area contributed by atoms with Crippen molar-refractivity contribution >= 4 is 43.5 Å². The summed E-state index contributed by atoms with van der Waals surface area (Å²) in [6.07, 6.45) is 1.70. The van der Waals surface area contributed by atoms with Crippen LogP contribution in [-0.4, -0.2) is 50.0 Å². The first-order valence-electron chi connectivity index (χ1n) is 10.5. The fourth-order valence-electron chi connectivity index (χ4n) is 3.10. The van der Waals surface area contributed by atoms with Crippen molar-refractivity contribution in [2.45, 2.75) is 45.8 Å². The van der Waals surface area contributed by atoms with Crippen LogP contribution < -0.4 is 9.62 Å². The van der Waals surface area contributed by atoms with Crippen LogP contribution in [-0.2, 0) is 26.2 Å². The zero-order valence-corrected chi connectivity index (χ0v) is 21.5. The molecule has 2 aromatic carbocycles. The molecule has 0 radical (unpaired) electrons. The quantitative estimate of drug-likeness (QED) is 0.497. The Morgan fingerprint density at radius 3 is 2.30 bits per heavy atom. The van der Waals surface area contributed by atoms with Gasteiger partial charge in [-0.05, 0) is 62.2 Å². The highest BCUT2D eigenvalue weighted by molar-refractivity contribution is 9.10. The lowest BCUT2D eigenvalue weighted by Gasteiger charge is -2.32. The zero-order valence-electron chi connectivity index (χ0n) is 19.1. The van der Waals surface area contributed by atoms with E-state index in [-0.39, 0.29) is 24.2 Å². The summed E-state index contributed by atoms with van der Waals surface area (Å²) >= 11 is 3.40. The van der Waals surface area contributed by atoms with Crippen LogP contribution in [0.1, 0.15) is 32.8 Å². The van der Waals surface area contributed by atoms with Crippen LogP contribution in [0.5, 0.6) is 0 Å². The zero-order chi connectivity index (χ0) is 24.8. The molecular weight excluding hydrogens is 513 g/mol. The van der Waals surface area contributed by atoms with E-state index in [1.165, 1.54) is 17.0 Å². The Labute approximate surface area is 203 Å². The summed E-state index contributed by atoms with van der Waals surface area (Å²) in [4.78, 5) is 27.6. The normalized spacial score (nSPS) is 13.2. The van der Waals surface area contributed by atoms with Gasteiger partial charge in [0.2, 0.25) is 21.8 Å². The lowest BCUT2D eigenvalue weighted by Crippen LogP contribution is -2.52. The number of nitrogens with one attached hydrogen (secondary N) is 1. The molecule has 0 saturated carbocycles. The third-order valence-electron chi connectivity index (χ3n) is 5.20. The Hall–Kier alpha value is -2.46. The second-order valence-electron chi connectivity index (χ2n) is 7.89. The van der Waals surface area contributed by atoms with Crippen molar-refractivity contribution in [3.63, 3.8) is 0 Å². The number of benzene rings is 2. The molecule has 0 aliphatic rings. The molecule has 0 unspecified atom stereocenters. The minimum absolute atomic E-state index is 0.0745. The lowest BCUT2D eigenvalue weighted by molar-refractivity contribution is -0.139. The number of amides is 2. The number of rotatable bonds is 10. The van der Waals surface area contributed by atoms with Gasteiger partial charge in [0, 0.05) is 17.1 Å². The fourth-order valence-corrected chi connectivity index (χ4v) is 4.40. The smallest absolute Gasteiger partial charge is 0.244 e. The molecule has 0 aliphatic carbocycles. The highest BCUT2D eigenvalue weighted by Crippen LogP contribution is 2.20. The summed E-state index contributed by atoms with van der Waals surface area (Å²) in [5.74, 6) is -1.41. The molecule has 0 fully saturated rings. The van der Waals surface area contributed by atoms with Gasteiger partial charge in [-0.3, -0.25) is 13.9 Å². The summed E-state index contributed by atoms with van der Waals surface area (Å²) in [6.45, 7) is 4.99. The molecule has 0 saturated heterocycles. The summed E-state index contributed by atoms with van der Waals surface area (Å²) < 4.78 is 40.0. The molecule has 0 spiro atoms. The number of hydrogen-bond acceptors (Lipinski definition) is 4. The summed E-state index contributed by atoms with van der Waals surface area (Å²) in [7, 11) is -3.85. The Kier molecular flexibility index (Phi) is 9.42. The van der Waals surface area contributed by atoms with E-state index in [0.717, 1.165) is 39.2 Å². The van der Waals surface area contributed by atoms with Crippen LogP contribution in [0.4, 0.5) is 10.1 Å². The topological polar surface area (TPSA) is 86.8 Å². The SMILES string of the molecule is CC[C@@H](C)NC(=O)[C@H](C)N(Cc1cccc(Br)c1)C(=O)CN(c1ccc(F)cc1)S(C)(=O)=O. The summed E-state index contributed by atoms with van der Waals surface area (Å²) in [5, 5.41) is 2.87. The summed E-state index contributed by atoms with van der Waals surface area (Å²) in [5.41, 5.74) is 0.931. The van der Waals surface area contributed by atoms with Gasteiger partial charge in [0.15, 0.2) is 0 Å². The van der Waals surface area contributed by atoms with E-state index < -0.39 is 34.3 Å². The Morgan fingerprint density at radius 2 is 1.76 bits per heavy atom. The van der Waals surface area contributed by atoms with Crippen molar-refractivity contribution in [1.82, 2.24) is 10.2 Å². The Bertz CT molecular complexity index is 1080. The van der Waals surface area contributed by atoms with E-state index >= 15 is 0 Å². The monoisotopic (exact) mass is 541 g/mol. The highest BCUT2D eigenvalue weighted by atomic mass is 79.9. The van der Waals surface area contributed by atoms with E-state index in [9.17, 15) is 22.4 Å². The van der Waals surface area contributed by atoms with Crippen molar-refractivity contribution in [2.24, 2.45) is 0 Å². The van der Waals surface area contributed by atoms with Gasteiger partial charge in [0.1, 0.15) is 18.4 Å². The molecule has 7 nitrogen and oxygen atoms in total. The predicted molar refractivity (Wildman–Crippen MR) is 131 cm³/mol. The number of nitrogens with zero attached hydrogens (tertiary/aromatic N) is 2. The molecule has 0 aromatic heterocycles. The van der Waals surface area contributed by atoms with Gasteiger partial charge in [-0.15, -0.1) is 0 Å². The largest absolute Gasteiger partial charge is 0.352 e. The van der Waals surface area contributed by atoms with Gasteiger partial charge in [-0.1, -0.05) is 35.0 Å². The maximum atomic E-state index is 13.4. The van der Waals surface area contributed by atoms with Crippen LogP contribution in [0.25, 0.3) is 0 Å². The molecule has 0 heterocycles. The van der Waals surface area contributed by atoms with E-state index in [1.807, 2.05) is 38.1 Å². The lowest BCUT2D eigenvalue weighted by atomic mass is 10.1. The average Bonchev–Trinajstić information content (AvgIpc) is 2.75.